The summed E-state index contributed by atoms with van der Waals surface area (Å²) in [5, 5.41) is 0. The van der Waals surface area contributed by atoms with E-state index in [1.807, 2.05) is 0 Å². The van der Waals surface area contributed by atoms with Crippen molar-refractivity contribution in [2.45, 2.75) is 24.2 Å². The van der Waals surface area contributed by atoms with Crippen LogP contribution < -0.4 is 9.47 Å². The van der Waals surface area contributed by atoms with E-state index in [-0.39, 0.29) is 16.0 Å². The minimum absolute atomic E-state index is 0.0986. The van der Waals surface area contributed by atoms with Crippen LogP contribution in [0.4, 0.5) is 0 Å². The summed E-state index contributed by atoms with van der Waals surface area (Å²) in [5.41, 5.74) is 0.0994. The maximum absolute atomic E-state index is 13.0. The molecule has 2 aromatic carbocycles. The maximum atomic E-state index is 13.0. The zero-order chi connectivity index (χ0) is 22.4. The van der Waals surface area contributed by atoms with Gasteiger partial charge in [0, 0.05) is 13.1 Å². The Bertz CT molecular complexity index is 1060. The van der Waals surface area contributed by atoms with E-state index >= 15 is 0 Å². The molecule has 0 amide bonds. The summed E-state index contributed by atoms with van der Waals surface area (Å²) in [6, 6.07) is 10.6. The summed E-state index contributed by atoms with van der Waals surface area (Å²) in [6.07, 6.45) is 2.54. The van der Waals surface area contributed by atoms with Crippen molar-refractivity contribution in [3.05, 3.63) is 53.6 Å². The fraction of sp³-hybridized carbons (Fsp3) is 0.364. The van der Waals surface area contributed by atoms with Crippen molar-refractivity contribution in [2.24, 2.45) is 0 Å². The van der Waals surface area contributed by atoms with Gasteiger partial charge >= 0.3 is 5.97 Å². The normalized spacial score (nSPS) is 14.6. The van der Waals surface area contributed by atoms with Crippen LogP contribution in [0, 0.1) is 0 Å². The molecule has 166 valence electrons. The van der Waals surface area contributed by atoms with E-state index in [1.165, 1.54) is 36.7 Å². The Labute approximate surface area is 181 Å². The lowest BCUT2D eigenvalue weighted by atomic mass is 10.1. The second kappa shape index (κ2) is 9.93. The molecule has 3 rings (SSSR count). The zero-order valence-corrected chi connectivity index (χ0v) is 18.3. The van der Waals surface area contributed by atoms with E-state index in [0.29, 0.717) is 24.6 Å². The minimum atomic E-state index is -3.84. The Balaban J connectivity index is 1.78. The fourth-order valence-corrected chi connectivity index (χ4v) is 5.12. The van der Waals surface area contributed by atoms with E-state index in [0.717, 1.165) is 19.3 Å². The van der Waals surface area contributed by atoms with Gasteiger partial charge in [0.1, 0.15) is 11.5 Å². The summed E-state index contributed by atoms with van der Waals surface area (Å²) in [7, 11) is -0.946. The number of methoxy groups -OCH3 is 2. The van der Waals surface area contributed by atoms with E-state index in [2.05, 4.69) is 0 Å². The molecule has 31 heavy (non-hydrogen) atoms. The molecule has 2 aromatic rings. The van der Waals surface area contributed by atoms with Crippen molar-refractivity contribution in [3.8, 4) is 11.5 Å². The molecule has 1 heterocycles. The van der Waals surface area contributed by atoms with Crippen LogP contribution in [0.2, 0.25) is 0 Å². The van der Waals surface area contributed by atoms with Crippen LogP contribution in [0.25, 0.3) is 0 Å². The Hall–Kier alpha value is -2.91. The molecule has 8 nitrogen and oxygen atoms in total. The summed E-state index contributed by atoms with van der Waals surface area (Å²) in [4.78, 5) is 25.2. The van der Waals surface area contributed by atoms with Gasteiger partial charge in [-0.15, -0.1) is 0 Å². The van der Waals surface area contributed by atoms with Gasteiger partial charge in [0.15, 0.2) is 6.61 Å². The monoisotopic (exact) mass is 447 g/mol. The van der Waals surface area contributed by atoms with E-state index in [9.17, 15) is 18.0 Å². The van der Waals surface area contributed by atoms with Crippen molar-refractivity contribution in [3.63, 3.8) is 0 Å². The third-order valence-electron chi connectivity index (χ3n) is 5.08. The summed E-state index contributed by atoms with van der Waals surface area (Å²) in [6.45, 7) is 0.264. The highest BCUT2D eigenvalue weighted by atomic mass is 32.2. The average Bonchev–Trinajstić information content (AvgIpc) is 2.82. The van der Waals surface area contributed by atoms with Gasteiger partial charge < -0.3 is 14.2 Å². The number of ether oxygens (including phenoxy) is 3. The van der Waals surface area contributed by atoms with Crippen molar-refractivity contribution >= 4 is 21.8 Å². The molecule has 0 atom stereocenters. The van der Waals surface area contributed by atoms with Crippen LogP contribution in [0.5, 0.6) is 11.5 Å². The van der Waals surface area contributed by atoms with Crippen molar-refractivity contribution < 1.29 is 32.2 Å². The quantitative estimate of drug-likeness (QED) is 0.453. The number of benzene rings is 2. The number of Topliss-reactive ketones (excluding diaryl/α,β-unsaturated/α-hetero) is 1. The Morgan fingerprint density at radius 3 is 2.32 bits per heavy atom. The molecule has 1 fully saturated rings. The molecule has 9 heteroatoms. The molecular formula is C22H25NO7S. The maximum Gasteiger partial charge on any atom is 0.339 e. The third-order valence-corrected chi connectivity index (χ3v) is 7.04. The summed E-state index contributed by atoms with van der Waals surface area (Å²) in [5.74, 6) is -0.616. The van der Waals surface area contributed by atoms with Gasteiger partial charge in [-0.05, 0) is 43.2 Å². The Kier molecular flexibility index (Phi) is 7.29. The lowest BCUT2D eigenvalue weighted by Crippen LogP contribution is -2.36. The van der Waals surface area contributed by atoms with Gasteiger partial charge in [-0.1, -0.05) is 18.6 Å². The van der Waals surface area contributed by atoms with Crippen LogP contribution >= 0.6 is 0 Å². The highest BCUT2D eigenvalue weighted by molar-refractivity contribution is 7.89. The lowest BCUT2D eigenvalue weighted by molar-refractivity contribution is 0.0470. The first-order valence-electron chi connectivity index (χ1n) is 9.90. The molecule has 0 unspecified atom stereocenters. The van der Waals surface area contributed by atoms with Crippen molar-refractivity contribution in [1.82, 2.24) is 4.31 Å². The van der Waals surface area contributed by atoms with Crippen LogP contribution in [0.3, 0.4) is 0 Å². The van der Waals surface area contributed by atoms with E-state index in [4.69, 9.17) is 14.2 Å². The highest BCUT2D eigenvalue weighted by Crippen LogP contribution is 2.26. The Morgan fingerprint density at radius 1 is 0.935 bits per heavy atom. The lowest BCUT2D eigenvalue weighted by Gasteiger charge is -2.26. The number of rotatable bonds is 8. The first-order chi connectivity index (χ1) is 14.9. The Morgan fingerprint density at radius 2 is 1.65 bits per heavy atom. The van der Waals surface area contributed by atoms with Gasteiger partial charge in [-0.3, -0.25) is 4.79 Å². The van der Waals surface area contributed by atoms with Crippen LogP contribution in [-0.2, 0) is 14.8 Å². The SMILES string of the molecule is COc1ccc(OC)c(C(=O)COC(=O)c2ccccc2S(=O)(=O)N2CCCCC2)c1. The zero-order valence-electron chi connectivity index (χ0n) is 17.5. The average molecular weight is 448 g/mol. The molecule has 1 aliphatic heterocycles. The predicted octanol–water partition coefficient (Wildman–Crippen LogP) is 2.92. The number of sulfonamides is 1. The van der Waals surface area contributed by atoms with Crippen molar-refractivity contribution in [1.29, 1.82) is 0 Å². The van der Waals surface area contributed by atoms with E-state index in [1.54, 1.807) is 24.3 Å². The van der Waals surface area contributed by atoms with Gasteiger partial charge in [0.2, 0.25) is 15.8 Å². The second-order valence-electron chi connectivity index (χ2n) is 7.03. The second-order valence-corrected chi connectivity index (χ2v) is 8.93. The molecule has 0 aliphatic carbocycles. The van der Waals surface area contributed by atoms with Crippen LogP contribution in [-0.4, -0.2) is 58.4 Å². The third kappa shape index (κ3) is 5.05. The smallest absolute Gasteiger partial charge is 0.339 e. The van der Waals surface area contributed by atoms with Gasteiger partial charge in [0.05, 0.1) is 30.2 Å². The van der Waals surface area contributed by atoms with Gasteiger partial charge in [-0.25, -0.2) is 13.2 Å². The largest absolute Gasteiger partial charge is 0.497 e. The number of esters is 1. The van der Waals surface area contributed by atoms with Crippen LogP contribution in [0.1, 0.15) is 40.0 Å². The molecule has 1 saturated heterocycles. The molecule has 1 aliphatic rings. The molecule has 0 radical (unpaired) electrons. The number of nitrogens with zero attached hydrogens (tertiary/aromatic N) is 1. The number of carbonyl (C=O) groups excluding carboxylic acids is 2. The topological polar surface area (TPSA) is 99.2 Å². The standard InChI is InChI=1S/C22H25NO7S/c1-28-16-10-11-20(29-2)18(14-16)19(24)15-30-22(25)17-8-4-5-9-21(17)31(26,27)23-12-6-3-7-13-23/h4-5,8-11,14H,3,6-7,12-13,15H2,1-2H3. The summed E-state index contributed by atoms with van der Waals surface area (Å²) < 4.78 is 43.0. The van der Waals surface area contributed by atoms with Crippen molar-refractivity contribution in [2.75, 3.05) is 33.9 Å². The molecular weight excluding hydrogens is 422 g/mol. The number of hydrogen-bond acceptors (Lipinski definition) is 7. The molecule has 0 aromatic heterocycles. The minimum Gasteiger partial charge on any atom is -0.497 e. The molecule has 0 N–H and O–H groups in total. The highest BCUT2D eigenvalue weighted by Gasteiger charge is 2.30. The molecule has 0 bridgehead atoms. The number of hydrogen-bond donors (Lipinski definition) is 0. The fourth-order valence-electron chi connectivity index (χ4n) is 3.42. The van der Waals surface area contributed by atoms with E-state index < -0.39 is 28.4 Å². The first kappa shape index (κ1) is 22.8. The van der Waals surface area contributed by atoms with Gasteiger partial charge in [0.25, 0.3) is 0 Å². The molecule has 0 saturated carbocycles. The first-order valence-corrected chi connectivity index (χ1v) is 11.3. The number of piperidine rings is 1. The van der Waals surface area contributed by atoms with Crippen LogP contribution in [0.15, 0.2) is 47.4 Å². The predicted molar refractivity (Wildman–Crippen MR) is 113 cm³/mol. The van der Waals surface area contributed by atoms with Gasteiger partial charge in [-0.2, -0.15) is 4.31 Å². The molecule has 0 spiro atoms. The number of ketones is 1. The summed E-state index contributed by atoms with van der Waals surface area (Å²) >= 11 is 0. The number of carbonyl (C=O) groups is 2.